The maximum atomic E-state index is 13.5. The molecular weight excluding hydrogens is 425 g/mol. The number of rotatable bonds is 6. The van der Waals surface area contributed by atoms with E-state index < -0.39 is 17.7 Å². The molecule has 0 bridgehead atoms. The van der Waals surface area contributed by atoms with Gasteiger partial charge in [-0.3, -0.25) is 4.68 Å². The highest BCUT2D eigenvalue weighted by Gasteiger charge is 2.22. The van der Waals surface area contributed by atoms with Crippen LogP contribution in [0.4, 0.5) is 21.0 Å². The van der Waals surface area contributed by atoms with E-state index in [9.17, 15) is 9.18 Å². The topological polar surface area (TPSA) is 106 Å². The zero-order valence-electron chi connectivity index (χ0n) is 20.2. The summed E-state index contributed by atoms with van der Waals surface area (Å²) in [6.07, 6.45) is 1.15. The number of amides is 1. The molecule has 0 aliphatic carbocycles. The molecule has 1 aromatic carbocycles. The van der Waals surface area contributed by atoms with E-state index in [-0.39, 0.29) is 17.9 Å². The van der Waals surface area contributed by atoms with Crippen LogP contribution in [-0.4, -0.2) is 43.5 Å². The molecule has 0 saturated heterocycles. The van der Waals surface area contributed by atoms with E-state index in [0.717, 1.165) is 5.39 Å². The van der Waals surface area contributed by atoms with Crippen molar-refractivity contribution in [3.63, 3.8) is 0 Å². The number of aromatic nitrogens is 4. The molecule has 1 unspecified atom stereocenters. The Balaban J connectivity index is 1.86. The molecule has 0 radical (unpaired) electrons. The number of hydrogen-bond acceptors (Lipinski definition) is 7. The summed E-state index contributed by atoms with van der Waals surface area (Å²) >= 11 is 0. The standard InChI is InChI=1S/C23H32FN7O2/c1-22(2,3)30-18-16-12-26-31(7)19(16)29-20(28-18)25-13-17(14-8-10-15(24)11-9-14)27-21(32)33-23(4,5)6/h8-12,17H,13H2,1-7H3,(H,27,32)(H2,25,28,29,30). The van der Waals surface area contributed by atoms with Crippen molar-refractivity contribution in [1.82, 2.24) is 25.1 Å². The lowest BCUT2D eigenvalue weighted by Gasteiger charge is -2.25. The Kier molecular flexibility index (Phi) is 6.76. The Morgan fingerprint density at radius 2 is 1.79 bits per heavy atom. The first-order chi connectivity index (χ1) is 15.3. The van der Waals surface area contributed by atoms with Gasteiger partial charge in [0.05, 0.1) is 17.6 Å². The molecule has 1 amide bonds. The number of hydrogen-bond donors (Lipinski definition) is 3. The molecule has 0 fully saturated rings. The molecule has 1 atom stereocenters. The first-order valence-corrected chi connectivity index (χ1v) is 10.8. The van der Waals surface area contributed by atoms with E-state index in [1.165, 1.54) is 12.1 Å². The minimum Gasteiger partial charge on any atom is -0.444 e. The van der Waals surface area contributed by atoms with Gasteiger partial charge in [0.25, 0.3) is 0 Å². The normalized spacial score (nSPS) is 13.0. The largest absolute Gasteiger partial charge is 0.444 e. The van der Waals surface area contributed by atoms with Crippen molar-refractivity contribution >= 4 is 28.9 Å². The van der Waals surface area contributed by atoms with E-state index >= 15 is 0 Å². The molecule has 0 saturated carbocycles. The third-order valence-corrected chi connectivity index (χ3v) is 4.51. The van der Waals surface area contributed by atoms with Gasteiger partial charge >= 0.3 is 6.09 Å². The highest BCUT2D eigenvalue weighted by molar-refractivity contribution is 5.87. The van der Waals surface area contributed by atoms with Gasteiger partial charge in [0.15, 0.2) is 5.65 Å². The molecule has 2 heterocycles. The second-order valence-electron chi connectivity index (χ2n) is 9.91. The lowest BCUT2D eigenvalue weighted by Crippen LogP contribution is -2.37. The Labute approximate surface area is 193 Å². The minimum absolute atomic E-state index is 0.219. The number of carbonyl (C=O) groups excluding carboxylic acids is 1. The fourth-order valence-corrected chi connectivity index (χ4v) is 3.14. The number of fused-ring (bicyclic) bond motifs is 1. The van der Waals surface area contributed by atoms with E-state index in [0.29, 0.717) is 23.0 Å². The number of carbonyl (C=O) groups is 1. The number of benzene rings is 1. The first-order valence-electron chi connectivity index (χ1n) is 10.8. The summed E-state index contributed by atoms with van der Waals surface area (Å²) in [6, 6.07) is 5.43. The van der Waals surface area contributed by atoms with Crippen LogP contribution in [0.1, 0.15) is 53.1 Å². The summed E-state index contributed by atoms with van der Waals surface area (Å²) in [7, 11) is 1.81. The monoisotopic (exact) mass is 457 g/mol. The Bertz CT molecular complexity index is 1110. The van der Waals surface area contributed by atoms with E-state index in [4.69, 9.17) is 4.74 Å². The molecule has 0 aliphatic rings. The van der Waals surface area contributed by atoms with Crippen LogP contribution < -0.4 is 16.0 Å². The Morgan fingerprint density at radius 1 is 1.12 bits per heavy atom. The third kappa shape index (κ3) is 6.77. The second-order valence-corrected chi connectivity index (χ2v) is 9.91. The van der Waals surface area contributed by atoms with Gasteiger partial charge in [-0.25, -0.2) is 9.18 Å². The smallest absolute Gasteiger partial charge is 0.408 e. The molecule has 3 aromatic rings. The van der Waals surface area contributed by atoms with Crippen molar-refractivity contribution in [3.8, 4) is 0 Å². The zero-order chi connectivity index (χ0) is 24.4. The second kappa shape index (κ2) is 9.21. The Morgan fingerprint density at radius 3 is 2.39 bits per heavy atom. The number of anilines is 2. The lowest BCUT2D eigenvalue weighted by molar-refractivity contribution is 0.0506. The molecule has 10 heteroatoms. The van der Waals surface area contributed by atoms with Crippen molar-refractivity contribution < 1.29 is 13.9 Å². The van der Waals surface area contributed by atoms with Gasteiger partial charge in [0, 0.05) is 19.1 Å². The molecule has 33 heavy (non-hydrogen) atoms. The van der Waals surface area contributed by atoms with E-state index in [1.807, 2.05) is 27.8 Å². The van der Waals surface area contributed by atoms with Crippen molar-refractivity contribution in [3.05, 3.63) is 41.8 Å². The van der Waals surface area contributed by atoms with Crippen LogP contribution in [-0.2, 0) is 11.8 Å². The minimum atomic E-state index is -0.647. The Hall–Kier alpha value is -3.43. The van der Waals surface area contributed by atoms with Gasteiger partial charge in [-0.15, -0.1) is 0 Å². The van der Waals surface area contributed by atoms with Gasteiger partial charge in [-0.05, 0) is 59.2 Å². The number of aryl methyl sites for hydroxylation is 1. The number of halogens is 1. The molecule has 178 valence electrons. The lowest BCUT2D eigenvalue weighted by atomic mass is 10.1. The van der Waals surface area contributed by atoms with Crippen molar-refractivity contribution in [2.45, 2.75) is 58.7 Å². The number of alkyl carbamates (subject to hydrolysis) is 1. The van der Waals surface area contributed by atoms with Crippen LogP contribution in [0, 0.1) is 5.82 Å². The molecule has 3 N–H and O–H groups in total. The number of nitrogens with one attached hydrogen (secondary N) is 3. The third-order valence-electron chi connectivity index (χ3n) is 4.51. The summed E-state index contributed by atoms with van der Waals surface area (Å²) in [5, 5.41) is 14.5. The van der Waals surface area contributed by atoms with Crippen LogP contribution >= 0.6 is 0 Å². The van der Waals surface area contributed by atoms with Crippen LogP contribution in [0.5, 0.6) is 0 Å². The van der Waals surface area contributed by atoms with Gasteiger partial charge < -0.3 is 20.7 Å². The number of nitrogens with zero attached hydrogens (tertiary/aromatic N) is 4. The molecular formula is C23H32FN7O2. The zero-order valence-corrected chi connectivity index (χ0v) is 20.2. The molecule has 0 spiro atoms. The van der Waals surface area contributed by atoms with Gasteiger partial charge in [-0.1, -0.05) is 12.1 Å². The number of ether oxygens (including phenoxy) is 1. The van der Waals surface area contributed by atoms with Crippen molar-refractivity contribution in [2.75, 3.05) is 17.2 Å². The summed E-state index contributed by atoms with van der Waals surface area (Å²) in [6.45, 7) is 11.7. The van der Waals surface area contributed by atoms with Crippen LogP contribution in [0.25, 0.3) is 11.0 Å². The SMILES string of the molecule is Cn1ncc2c(NC(C)(C)C)nc(NCC(NC(=O)OC(C)(C)C)c3ccc(F)cc3)nc21. The van der Waals surface area contributed by atoms with Crippen LogP contribution in [0.3, 0.4) is 0 Å². The van der Waals surface area contributed by atoms with Crippen LogP contribution in [0.15, 0.2) is 30.5 Å². The average molecular weight is 458 g/mol. The maximum Gasteiger partial charge on any atom is 0.408 e. The molecule has 3 rings (SSSR count). The van der Waals surface area contributed by atoms with E-state index in [1.54, 1.807) is 43.8 Å². The van der Waals surface area contributed by atoms with E-state index in [2.05, 4.69) is 31.0 Å². The van der Waals surface area contributed by atoms with Gasteiger partial charge in [0.2, 0.25) is 5.95 Å². The fourth-order valence-electron chi connectivity index (χ4n) is 3.14. The van der Waals surface area contributed by atoms with Gasteiger partial charge in [0.1, 0.15) is 17.2 Å². The highest BCUT2D eigenvalue weighted by Crippen LogP contribution is 2.25. The summed E-state index contributed by atoms with van der Waals surface area (Å²) in [5.74, 6) is 0.670. The fraction of sp³-hybridized carbons (Fsp3) is 0.478. The van der Waals surface area contributed by atoms with Crippen molar-refractivity contribution in [1.29, 1.82) is 0 Å². The quantitative estimate of drug-likeness (QED) is 0.504. The molecule has 0 aliphatic heterocycles. The predicted molar refractivity (Wildman–Crippen MR) is 127 cm³/mol. The molecule has 2 aromatic heterocycles. The summed E-state index contributed by atoms with van der Waals surface area (Å²) in [4.78, 5) is 21.6. The average Bonchev–Trinajstić information content (AvgIpc) is 3.04. The maximum absolute atomic E-state index is 13.5. The van der Waals surface area contributed by atoms with Crippen molar-refractivity contribution in [2.24, 2.45) is 7.05 Å². The van der Waals surface area contributed by atoms with Crippen LogP contribution in [0.2, 0.25) is 0 Å². The first kappa shape index (κ1) is 24.2. The molecule has 9 nitrogen and oxygen atoms in total. The predicted octanol–water partition coefficient (Wildman–Crippen LogP) is 4.39. The van der Waals surface area contributed by atoms with Gasteiger partial charge in [-0.2, -0.15) is 15.1 Å². The summed E-state index contributed by atoms with van der Waals surface area (Å²) < 4.78 is 20.5. The highest BCUT2D eigenvalue weighted by atomic mass is 19.1. The summed E-state index contributed by atoms with van der Waals surface area (Å²) in [5.41, 5.74) is 0.511.